The van der Waals surface area contributed by atoms with Crippen molar-refractivity contribution < 1.29 is 9.47 Å². The molecule has 1 heterocycles. The monoisotopic (exact) mass is 224 g/mol. The molecule has 0 fully saturated rings. The lowest BCUT2D eigenvalue weighted by atomic mass is 10.2. The number of nitrogens with one attached hydrogen (secondary N) is 1. The second kappa shape index (κ2) is 7.19. The van der Waals surface area contributed by atoms with Gasteiger partial charge in [-0.3, -0.25) is 0 Å². The number of pyridine rings is 1. The van der Waals surface area contributed by atoms with Crippen LogP contribution in [0.1, 0.15) is 12.6 Å². The first kappa shape index (κ1) is 12.9. The molecule has 0 saturated carbocycles. The van der Waals surface area contributed by atoms with Gasteiger partial charge in [-0.25, -0.2) is 4.98 Å². The molecular formula is C12H20N2O2. The van der Waals surface area contributed by atoms with Gasteiger partial charge >= 0.3 is 0 Å². The highest BCUT2D eigenvalue weighted by atomic mass is 16.5. The molecule has 1 aromatic rings. The minimum absolute atomic E-state index is 0.510. The lowest BCUT2D eigenvalue weighted by Gasteiger charge is -2.11. The zero-order chi connectivity index (χ0) is 11.8. The molecule has 4 nitrogen and oxygen atoms in total. The molecule has 1 atom stereocenters. The van der Waals surface area contributed by atoms with Crippen molar-refractivity contribution in [1.82, 2.24) is 10.3 Å². The first-order valence-corrected chi connectivity index (χ1v) is 5.46. The summed E-state index contributed by atoms with van der Waals surface area (Å²) in [7, 11) is 3.35. The normalized spacial score (nSPS) is 12.4. The fraction of sp³-hybridized carbons (Fsp3) is 0.583. The zero-order valence-electron chi connectivity index (χ0n) is 10.2. The summed E-state index contributed by atoms with van der Waals surface area (Å²) in [5, 5.41) is 3.34. The largest absolute Gasteiger partial charge is 0.481 e. The van der Waals surface area contributed by atoms with Gasteiger partial charge in [-0.05, 0) is 12.0 Å². The average molecular weight is 224 g/mol. The summed E-state index contributed by atoms with van der Waals surface area (Å²) in [4.78, 5) is 4.32. The van der Waals surface area contributed by atoms with Crippen molar-refractivity contribution >= 4 is 0 Å². The van der Waals surface area contributed by atoms with Crippen LogP contribution in [-0.2, 0) is 11.3 Å². The maximum atomic E-state index is 5.07. The highest BCUT2D eigenvalue weighted by molar-refractivity contribution is 5.15. The Balaban J connectivity index is 2.31. The number of aromatic nitrogens is 1. The van der Waals surface area contributed by atoms with E-state index in [1.165, 1.54) is 0 Å². The second-order valence-electron chi connectivity index (χ2n) is 3.86. The molecular weight excluding hydrogens is 204 g/mol. The van der Waals surface area contributed by atoms with Gasteiger partial charge in [0.15, 0.2) is 0 Å². The first-order chi connectivity index (χ1) is 7.76. The van der Waals surface area contributed by atoms with E-state index in [9.17, 15) is 0 Å². The summed E-state index contributed by atoms with van der Waals surface area (Å²) >= 11 is 0. The molecule has 16 heavy (non-hydrogen) atoms. The van der Waals surface area contributed by atoms with E-state index < -0.39 is 0 Å². The molecule has 90 valence electrons. The van der Waals surface area contributed by atoms with Crippen LogP contribution in [0.4, 0.5) is 0 Å². The van der Waals surface area contributed by atoms with Crippen molar-refractivity contribution in [2.75, 3.05) is 27.4 Å². The molecule has 0 amide bonds. The van der Waals surface area contributed by atoms with Crippen LogP contribution in [0.5, 0.6) is 5.88 Å². The summed E-state index contributed by atoms with van der Waals surface area (Å²) in [5.41, 5.74) is 0.990. The fourth-order valence-electron chi connectivity index (χ4n) is 1.46. The summed E-state index contributed by atoms with van der Waals surface area (Å²) in [6, 6.07) is 5.77. The van der Waals surface area contributed by atoms with E-state index in [0.29, 0.717) is 11.8 Å². The van der Waals surface area contributed by atoms with Gasteiger partial charge in [0.05, 0.1) is 12.8 Å². The van der Waals surface area contributed by atoms with Crippen molar-refractivity contribution in [3.8, 4) is 5.88 Å². The van der Waals surface area contributed by atoms with Gasteiger partial charge in [-0.2, -0.15) is 0 Å². The van der Waals surface area contributed by atoms with Crippen molar-refractivity contribution in [1.29, 1.82) is 0 Å². The van der Waals surface area contributed by atoms with Gasteiger partial charge in [0.1, 0.15) is 0 Å². The van der Waals surface area contributed by atoms with E-state index in [4.69, 9.17) is 9.47 Å². The van der Waals surface area contributed by atoms with Gasteiger partial charge < -0.3 is 14.8 Å². The van der Waals surface area contributed by atoms with Gasteiger partial charge in [0.2, 0.25) is 5.88 Å². The highest BCUT2D eigenvalue weighted by Gasteiger charge is 2.01. The van der Waals surface area contributed by atoms with Crippen LogP contribution in [0.15, 0.2) is 18.2 Å². The van der Waals surface area contributed by atoms with Crippen LogP contribution in [0.3, 0.4) is 0 Å². The topological polar surface area (TPSA) is 43.4 Å². The quantitative estimate of drug-likeness (QED) is 0.761. The van der Waals surface area contributed by atoms with E-state index in [-0.39, 0.29) is 0 Å². The molecule has 4 heteroatoms. The number of hydrogen-bond donors (Lipinski definition) is 1. The van der Waals surface area contributed by atoms with Gasteiger partial charge in [0.25, 0.3) is 0 Å². The van der Waals surface area contributed by atoms with Crippen molar-refractivity contribution in [2.24, 2.45) is 5.92 Å². The van der Waals surface area contributed by atoms with Crippen LogP contribution < -0.4 is 10.1 Å². The number of ether oxygens (including phenoxy) is 2. The molecule has 0 aliphatic carbocycles. The Morgan fingerprint density at radius 3 is 2.88 bits per heavy atom. The summed E-state index contributed by atoms with van der Waals surface area (Å²) in [5.74, 6) is 1.17. The van der Waals surface area contributed by atoms with Crippen LogP contribution in [0, 0.1) is 5.92 Å². The third kappa shape index (κ3) is 4.59. The molecule has 0 aromatic carbocycles. The Bertz CT molecular complexity index is 305. The van der Waals surface area contributed by atoms with Crippen molar-refractivity contribution in [3.63, 3.8) is 0 Å². The van der Waals surface area contributed by atoms with Gasteiger partial charge in [-0.15, -0.1) is 0 Å². The molecule has 0 spiro atoms. The molecule has 1 rings (SSSR count). The van der Waals surface area contributed by atoms with Gasteiger partial charge in [0, 0.05) is 32.9 Å². The van der Waals surface area contributed by atoms with Crippen molar-refractivity contribution in [3.05, 3.63) is 23.9 Å². The van der Waals surface area contributed by atoms with E-state index >= 15 is 0 Å². The van der Waals surface area contributed by atoms with E-state index in [2.05, 4.69) is 17.2 Å². The average Bonchev–Trinajstić information content (AvgIpc) is 2.30. The number of methoxy groups -OCH3 is 2. The van der Waals surface area contributed by atoms with E-state index in [0.717, 1.165) is 25.4 Å². The molecule has 1 N–H and O–H groups in total. The minimum Gasteiger partial charge on any atom is -0.481 e. The Morgan fingerprint density at radius 2 is 2.19 bits per heavy atom. The molecule has 0 bridgehead atoms. The summed E-state index contributed by atoms with van der Waals surface area (Å²) in [6.45, 7) is 4.60. The molecule has 0 radical (unpaired) electrons. The fourth-order valence-corrected chi connectivity index (χ4v) is 1.46. The molecule has 0 aliphatic heterocycles. The maximum Gasteiger partial charge on any atom is 0.213 e. The number of hydrogen-bond acceptors (Lipinski definition) is 4. The zero-order valence-corrected chi connectivity index (χ0v) is 10.2. The van der Waals surface area contributed by atoms with E-state index in [1.54, 1.807) is 14.2 Å². The molecule has 1 aromatic heterocycles. The Labute approximate surface area is 97.0 Å². The lowest BCUT2D eigenvalue weighted by molar-refractivity contribution is 0.158. The first-order valence-electron chi connectivity index (χ1n) is 5.46. The summed E-state index contributed by atoms with van der Waals surface area (Å²) in [6.07, 6.45) is 0. The maximum absolute atomic E-state index is 5.07. The summed E-state index contributed by atoms with van der Waals surface area (Å²) < 4.78 is 10.1. The van der Waals surface area contributed by atoms with Gasteiger partial charge in [-0.1, -0.05) is 13.0 Å². The van der Waals surface area contributed by atoms with E-state index in [1.807, 2.05) is 18.2 Å². The predicted molar refractivity (Wildman–Crippen MR) is 63.5 cm³/mol. The smallest absolute Gasteiger partial charge is 0.213 e. The third-order valence-electron chi connectivity index (χ3n) is 2.24. The lowest BCUT2D eigenvalue weighted by Crippen LogP contribution is -2.23. The Hall–Kier alpha value is -1.13. The standard InChI is InChI=1S/C12H20N2O2/c1-10(9-15-2)7-13-8-11-5-4-6-12(14-11)16-3/h4-6,10,13H,7-9H2,1-3H3. The Kier molecular flexibility index (Phi) is 5.82. The molecule has 0 saturated heterocycles. The van der Waals surface area contributed by atoms with Crippen LogP contribution in [0.25, 0.3) is 0 Å². The van der Waals surface area contributed by atoms with Crippen molar-refractivity contribution in [2.45, 2.75) is 13.5 Å². The third-order valence-corrected chi connectivity index (χ3v) is 2.24. The molecule has 0 aliphatic rings. The highest BCUT2D eigenvalue weighted by Crippen LogP contribution is 2.06. The van der Waals surface area contributed by atoms with Crippen LogP contribution in [0.2, 0.25) is 0 Å². The number of rotatable bonds is 7. The predicted octanol–water partition coefficient (Wildman–Crippen LogP) is 1.46. The van der Waals surface area contributed by atoms with Crippen LogP contribution in [-0.4, -0.2) is 32.4 Å². The molecule has 1 unspecified atom stereocenters. The minimum atomic E-state index is 0.510. The van der Waals surface area contributed by atoms with Crippen LogP contribution >= 0.6 is 0 Å². The second-order valence-corrected chi connectivity index (χ2v) is 3.86. The number of nitrogens with zero attached hydrogens (tertiary/aromatic N) is 1. The Morgan fingerprint density at radius 1 is 1.38 bits per heavy atom. The SMILES string of the molecule is COCC(C)CNCc1cccc(OC)n1.